The molecule has 0 aliphatic carbocycles. The second-order valence-corrected chi connectivity index (χ2v) is 6.40. The van der Waals surface area contributed by atoms with Crippen LogP contribution in [0.5, 0.6) is 0 Å². The zero-order chi connectivity index (χ0) is 13.8. The van der Waals surface area contributed by atoms with Crippen LogP contribution in [-0.4, -0.2) is 5.75 Å². The molecule has 19 heavy (non-hydrogen) atoms. The highest BCUT2D eigenvalue weighted by Crippen LogP contribution is 2.27. The summed E-state index contributed by atoms with van der Waals surface area (Å²) in [5, 5.41) is 0. The van der Waals surface area contributed by atoms with E-state index in [0.29, 0.717) is 5.56 Å². The molecule has 2 rings (SSSR count). The van der Waals surface area contributed by atoms with Crippen LogP contribution in [0.15, 0.2) is 51.8 Å². The summed E-state index contributed by atoms with van der Waals surface area (Å²) in [5.41, 5.74) is 7.56. The topological polar surface area (TPSA) is 26.0 Å². The average Bonchev–Trinajstić information content (AvgIpc) is 2.42. The zero-order valence-corrected chi connectivity index (χ0v) is 13.0. The summed E-state index contributed by atoms with van der Waals surface area (Å²) in [6.45, 7) is 2.11. The van der Waals surface area contributed by atoms with E-state index in [-0.39, 0.29) is 5.82 Å². The van der Waals surface area contributed by atoms with Gasteiger partial charge in [0.05, 0.1) is 6.04 Å². The van der Waals surface area contributed by atoms with E-state index in [9.17, 15) is 4.39 Å². The van der Waals surface area contributed by atoms with Gasteiger partial charge in [0.15, 0.2) is 0 Å². The summed E-state index contributed by atoms with van der Waals surface area (Å²) in [6.07, 6.45) is 0. The van der Waals surface area contributed by atoms with Gasteiger partial charge in [-0.2, -0.15) is 0 Å². The summed E-state index contributed by atoms with van der Waals surface area (Å²) >= 11 is 5.12. The first kappa shape index (κ1) is 14.6. The minimum atomic E-state index is -0.446. The zero-order valence-electron chi connectivity index (χ0n) is 10.6. The highest BCUT2D eigenvalue weighted by atomic mass is 79.9. The molecule has 0 aliphatic heterocycles. The first-order valence-corrected chi connectivity index (χ1v) is 7.83. The molecule has 0 saturated carbocycles. The first-order valence-electron chi connectivity index (χ1n) is 6.05. The summed E-state index contributed by atoms with van der Waals surface area (Å²) < 4.78 is 14.6. The van der Waals surface area contributed by atoms with Crippen molar-refractivity contribution in [3.8, 4) is 0 Å². The van der Waals surface area contributed by atoms with Crippen LogP contribution in [0.1, 0.15) is 24.1 Å². The number of thioether (sulfide) groups is 1. The fourth-order valence-corrected chi connectivity index (χ4v) is 2.91. The van der Waals surface area contributed by atoms with E-state index < -0.39 is 6.04 Å². The van der Waals surface area contributed by atoms with Crippen LogP contribution < -0.4 is 5.73 Å². The molecular weight excluding hydrogens is 325 g/mol. The van der Waals surface area contributed by atoms with Crippen LogP contribution in [0.3, 0.4) is 0 Å². The molecule has 0 radical (unpaired) electrons. The van der Waals surface area contributed by atoms with E-state index >= 15 is 0 Å². The van der Waals surface area contributed by atoms with Gasteiger partial charge in [0.1, 0.15) is 5.82 Å². The van der Waals surface area contributed by atoms with Crippen LogP contribution >= 0.6 is 27.7 Å². The maximum Gasteiger partial charge on any atom is 0.128 e. The lowest BCUT2D eigenvalue weighted by Gasteiger charge is -2.14. The lowest BCUT2D eigenvalue weighted by molar-refractivity contribution is 0.599. The van der Waals surface area contributed by atoms with Gasteiger partial charge in [-0.15, -0.1) is 11.8 Å². The number of hydrogen-bond acceptors (Lipinski definition) is 2. The third kappa shape index (κ3) is 3.59. The Hall–Kier alpha value is -0.840. The molecule has 4 heteroatoms. The smallest absolute Gasteiger partial charge is 0.128 e. The van der Waals surface area contributed by atoms with Crippen LogP contribution in [0.25, 0.3) is 0 Å². The highest BCUT2D eigenvalue weighted by molar-refractivity contribution is 9.10. The molecule has 2 N–H and O–H groups in total. The summed E-state index contributed by atoms with van der Waals surface area (Å²) in [7, 11) is 0. The van der Waals surface area contributed by atoms with Crippen molar-refractivity contribution in [3.05, 3.63) is 63.9 Å². The van der Waals surface area contributed by atoms with Crippen molar-refractivity contribution < 1.29 is 4.39 Å². The van der Waals surface area contributed by atoms with Crippen LogP contribution in [0.2, 0.25) is 0 Å². The number of halogens is 2. The molecule has 0 bridgehead atoms. The lowest BCUT2D eigenvalue weighted by atomic mass is 9.99. The Balaban J connectivity index is 2.27. The molecule has 0 heterocycles. The second kappa shape index (κ2) is 6.55. The summed E-state index contributed by atoms with van der Waals surface area (Å²) in [4.78, 5) is 1.20. The third-order valence-electron chi connectivity index (χ3n) is 2.84. The van der Waals surface area contributed by atoms with Gasteiger partial charge in [-0.3, -0.25) is 0 Å². The molecule has 1 atom stereocenters. The van der Waals surface area contributed by atoms with E-state index in [1.165, 1.54) is 11.0 Å². The summed E-state index contributed by atoms with van der Waals surface area (Å²) in [6, 6.07) is 12.4. The number of nitrogens with two attached hydrogens (primary N) is 1. The maximum absolute atomic E-state index is 13.8. The van der Waals surface area contributed by atoms with Crippen molar-refractivity contribution in [2.45, 2.75) is 17.9 Å². The maximum atomic E-state index is 13.8. The Morgan fingerprint density at radius 1 is 1.21 bits per heavy atom. The predicted octanol–water partition coefficient (Wildman–Crippen LogP) is 4.75. The number of rotatable bonds is 4. The van der Waals surface area contributed by atoms with Crippen molar-refractivity contribution in [2.24, 2.45) is 5.73 Å². The van der Waals surface area contributed by atoms with E-state index in [0.717, 1.165) is 15.8 Å². The Morgan fingerprint density at radius 2 is 1.89 bits per heavy atom. The molecule has 0 spiro atoms. The SMILES string of the molecule is CCSc1ccc(C(N)c2cc(Br)ccc2F)cc1. The Bertz CT molecular complexity index is 557. The molecule has 0 fully saturated rings. The summed E-state index contributed by atoms with van der Waals surface area (Å²) in [5.74, 6) is 0.758. The van der Waals surface area contributed by atoms with Gasteiger partial charge >= 0.3 is 0 Å². The Labute approximate surface area is 125 Å². The van der Waals surface area contributed by atoms with Gasteiger partial charge in [0, 0.05) is 14.9 Å². The third-order valence-corrected chi connectivity index (χ3v) is 4.23. The highest BCUT2D eigenvalue weighted by Gasteiger charge is 2.14. The molecular formula is C15H15BrFNS. The van der Waals surface area contributed by atoms with E-state index in [2.05, 4.69) is 22.9 Å². The standard InChI is InChI=1S/C15H15BrFNS/c1-2-19-12-6-3-10(4-7-12)15(18)13-9-11(16)5-8-14(13)17/h3-9,15H,2,18H2,1H3. The average molecular weight is 340 g/mol. The molecule has 0 amide bonds. The number of hydrogen-bond donors (Lipinski definition) is 1. The van der Waals surface area contributed by atoms with Gasteiger partial charge < -0.3 is 5.73 Å². The molecule has 0 saturated heterocycles. The molecule has 100 valence electrons. The van der Waals surface area contributed by atoms with Crippen molar-refractivity contribution >= 4 is 27.7 Å². The van der Waals surface area contributed by atoms with Gasteiger partial charge in [-0.05, 0) is 41.6 Å². The van der Waals surface area contributed by atoms with Crippen molar-refractivity contribution in [3.63, 3.8) is 0 Å². The fourth-order valence-electron chi connectivity index (χ4n) is 1.87. The minimum Gasteiger partial charge on any atom is -0.320 e. The van der Waals surface area contributed by atoms with Gasteiger partial charge in [-0.1, -0.05) is 35.0 Å². The second-order valence-electron chi connectivity index (χ2n) is 4.15. The van der Waals surface area contributed by atoms with Crippen molar-refractivity contribution in [1.82, 2.24) is 0 Å². The van der Waals surface area contributed by atoms with Crippen LogP contribution in [0, 0.1) is 5.82 Å². The quantitative estimate of drug-likeness (QED) is 0.813. The minimum absolute atomic E-state index is 0.275. The molecule has 2 aromatic rings. The van der Waals surface area contributed by atoms with Crippen molar-refractivity contribution in [2.75, 3.05) is 5.75 Å². The van der Waals surface area contributed by atoms with Gasteiger partial charge in [0.25, 0.3) is 0 Å². The lowest BCUT2D eigenvalue weighted by Crippen LogP contribution is -2.13. The largest absolute Gasteiger partial charge is 0.320 e. The predicted molar refractivity (Wildman–Crippen MR) is 83.0 cm³/mol. The van der Waals surface area contributed by atoms with E-state index in [1.807, 2.05) is 24.3 Å². The van der Waals surface area contributed by atoms with Gasteiger partial charge in [0.2, 0.25) is 0 Å². The molecule has 0 aliphatic rings. The molecule has 1 unspecified atom stereocenters. The van der Waals surface area contributed by atoms with E-state index in [4.69, 9.17) is 5.73 Å². The van der Waals surface area contributed by atoms with E-state index in [1.54, 1.807) is 23.9 Å². The number of benzene rings is 2. The monoisotopic (exact) mass is 339 g/mol. The van der Waals surface area contributed by atoms with Crippen LogP contribution in [0.4, 0.5) is 4.39 Å². The van der Waals surface area contributed by atoms with Crippen LogP contribution in [-0.2, 0) is 0 Å². The Morgan fingerprint density at radius 3 is 2.53 bits per heavy atom. The molecule has 1 nitrogen and oxygen atoms in total. The Kier molecular flexibility index (Phi) is 5.02. The molecule has 0 aromatic heterocycles. The van der Waals surface area contributed by atoms with Crippen molar-refractivity contribution in [1.29, 1.82) is 0 Å². The molecule has 2 aromatic carbocycles. The fraction of sp³-hybridized carbons (Fsp3) is 0.200. The van der Waals surface area contributed by atoms with Gasteiger partial charge in [-0.25, -0.2) is 4.39 Å². The normalized spacial score (nSPS) is 12.4. The first-order chi connectivity index (χ1) is 9.11.